The van der Waals surface area contributed by atoms with Crippen LogP contribution in [0.2, 0.25) is 0 Å². The summed E-state index contributed by atoms with van der Waals surface area (Å²) in [5.41, 5.74) is 5.53. The Labute approximate surface area is 91.4 Å². The first-order valence-electron chi connectivity index (χ1n) is 5.13. The normalized spacial score (nSPS) is 22.9. The van der Waals surface area contributed by atoms with Gasteiger partial charge >= 0.3 is 0 Å². The van der Waals surface area contributed by atoms with Crippen molar-refractivity contribution in [3.8, 4) is 0 Å². The average molecular weight is 236 g/mol. The zero-order valence-corrected chi connectivity index (χ0v) is 9.91. The van der Waals surface area contributed by atoms with Crippen LogP contribution in [0.5, 0.6) is 0 Å². The van der Waals surface area contributed by atoms with Crippen LogP contribution in [0.4, 0.5) is 0 Å². The highest BCUT2D eigenvalue weighted by atomic mass is 32.2. The van der Waals surface area contributed by atoms with Crippen molar-refractivity contribution in [3.05, 3.63) is 0 Å². The van der Waals surface area contributed by atoms with Gasteiger partial charge in [-0.1, -0.05) is 6.92 Å². The van der Waals surface area contributed by atoms with Crippen molar-refractivity contribution < 1.29 is 8.42 Å². The Balaban J connectivity index is 2.36. The van der Waals surface area contributed by atoms with Gasteiger partial charge in [-0.3, -0.25) is 0 Å². The largest absolute Gasteiger partial charge is 0.330 e. The van der Waals surface area contributed by atoms with Crippen molar-refractivity contribution in [3.63, 3.8) is 0 Å². The molecule has 90 valence electrons. The Hall–Kier alpha value is -0.210. The van der Waals surface area contributed by atoms with Crippen molar-refractivity contribution in [2.75, 3.05) is 39.3 Å². The van der Waals surface area contributed by atoms with Crippen molar-refractivity contribution in [2.45, 2.75) is 6.92 Å². The Morgan fingerprint density at radius 2 is 1.80 bits per heavy atom. The molecule has 7 heteroatoms. The van der Waals surface area contributed by atoms with Crippen LogP contribution >= 0.6 is 0 Å². The van der Waals surface area contributed by atoms with Gasteiger partial charge in [-0.15, -0.1) is 0 Å². The Bertz CT molecular complexity index is 285. The smallest absolute Gasteiger partial charge is 0.276 e. The summed E-state index contributed by atoms with van der Waals surface area (Å²) in [6, 6.07) is 0. The van der Waals surface area contributed by atoms with E-state index in [-0.39, 0.29) is 0 Å². The lowest BCUT2D eigenvalue weighted by Gasteiger charge is -2.34. The molecule has 4 N–H and O–H groups in total. The molecule has 15 heavy (non-hydrogen) atoms. The zero-order valence-electron chi connectivity index (χ0n) is 9.09. The van der Waals surface area contributed by atoms with Crippen molar-refractivity contribution in [1.29, 1.82) is 0 Å². The van der Waals surface area contributed by atoms with Gasteiger partial charge in [-0.25, -0.2) is 5.14 Å². The van der Waals surface area contributed by atoms with E-state index in [4.69, 9.17) is 10.9 Å². The minimum Gasteiger partial charge on any atom is -0.330 e. The first-order chi connectivity index (χ1) is 6.93. The van der Waals surface area contributed by atoms with E-state index in [0.717, 1.165) is 19.6 Å². The number of rotatable bonds is 4. The third-order valence-electron chi connectivity index (χ3n) is 2.66. The van der Waals surface area contributed by atoms with E-state index in [1.807, 2.05) is 0 Å². The maximum absolute atomic E-state index is 11.0. The summed E-state index contributed by atoms with van der Waals surface area (Å²) in [5, 5.41) is 5.04. The highest BCUT2D eigenvalue weighted by Crippen LogP contribution is 2.06. The van der Waals surface area contributed by atoms with E-state index in [0.29, 0.717) is 25.6 Å². The Kier molecular flexibility index (Phi) is 4.47. The quantitative estimate of drug-likeness (QED) is 0.615. The maximum atomic E-state index is 11.0. The number of hydrogen-bond donors (Lipinski definition) is 2. The maximum Gasteiger partial charge on any atom is 0.276 e. The summed E-state index contributed by atoms with van der Waals surface area (Å²) >= 11 is 0. The molecule has 0 spiro atoms. The van der Waals surface area contributed by atoms with E-state index in [9.17, 15) is 8.42 Å². The minimum absolute atomic E-state index is 0.450. The second-order valence-electron chi connectivity index (χ2n) is 4.09. The predicted molar refractivity (Wildman–Crippen MR) is 59.3 cm³/mol. The SMILES string of the molecule is CC(CN)CN1CCN(S(N)(=O)=O)CC1. The van der Waals surface area contributed by atoms with Gasteiger partial charge < -0.3 is 10.6 Å². The highest BCUT2D eigenvalue weighted by Gasteiger charge is 2.24. The molecule has 0 aliphatic carbocycles. The van der Waals surface area contributed by atoms with Crippen LogP contribution in [0.15, 0.2) is 0 Å². The molecule has 1 aliphatic heterocycles. The molecule has 0 radical (unpaired) electrons. The fourth-order valence-corrected chi connectivity index (χ4v) is 2.35. The van der Waals surface area contributed by atoms with Crippen molar-refractivity contribution >= 4 is 10.2 Å². The first-order valence-corrected chi connectivity index (χ1v) is 6.64. The fourth-order valence-electron chi connectivity index (χ4n) is 1.68. The van der Waals surface area contributed by atoms with Crippen LogP contribution in [0.1, 0.15) is 6.92 Å². The van der Waals surface area contributed by atoms with Gasteiger partial charge in [0, 0.05) is 32.7 Å². The van der Waals surface area contributed by atoms with E-state index in [2.05, 4.69) is 11.8 Å². The molecule has 6 nitrogen and oxygen atoms in total. The number of nitrogens with two attached hydrogens (primary N) is 2. The summed E-state index contributed by atoms with van der Waals surface area (Å²) < 4.78 is 23.4. The molecule has 1 heterocycles. The molecule has 1 atom stereocenters. The minimum atomic E-state index is -3.50. The fraction of sp³-hybridized carbons (Fsp3) is 1.00. The molecule has 0 saturated carbocycles. The summed E-state index contributed by atoms with van der Waals surface area (Å²) in [7, 11) is -3.50. The van der Waals surface area contributed by atoms with E-state index >= 15 is 0 Å². The molecule has 0 aromatic rings. The number of nitrogens with zero attached hydrogens (tertiary/aromatic N) is 2. The highest BCUT2D eigenvalue weighted by molar-refractivity contribution is 7.86. The third kappa shape index (κ3) is 4.04. The molecular weight excluding hydrogens is 216 g/mol. The lowest BCUT2D eigenvalue weighted by Crippen LogP contribution is -2.51. The molecule has 1 rings (SSSR count). The average Bonchev–Trinajstić information content (AvgIpc) is 2.17. The van der Waals surface area contributed by atoms with E-state index < -0.39 is 10.2 Å². The van der Waals surface area contributed by atoms with Crippen LogP contribution in [0, 0.1) is 5.92 Å². The second-order valence-corrected chi connectivity index (χ2v) is 5.63. The molecule has 1 aliphatic rings. The molecular formula is C8H20N4O2S. The number of hydrogen-bond acceptors (Lipinski definition) is 4. The summed E-state index contributed by atoms with van der Waals surface area (Å²) in [6.07, 6.45) is 0. The predicted octanol–water partition coefficient (Wildman–Crippen LogP) is -1.60. The van der Waals surface area contributed by atoms with Crippen LogP contribution in [0.3, 0.4) is 0 Å². The molecule has 0 aromatic heterocycles. The monoisotopic (exact) mass is 236 g/mol. The molecule has 1 unspecified atom stereocenters. The molecule has 1 fully saturated rings. The van der Waals surface area contributed by atoms with E-state index in [1.165, 1.54) is 4.31 Å². The second kappa shape index (κ2) is 5.22. The topological polar surface area (TPSA) is 92.7 Å². The van der Waals surface area contributed by atoms with Gasteiger partial charge in [0.25, 0.3) is 10.2 Å². The third-order valence-corrected chi connectivity index (χ3v) is 3.75. The van der Waals surface area contributed by atoms with Crippen molar-refractivity contribution in [2.24, 2.45) is 16.8 Å². The van der Waals surface area contributed by atoms with Gasteiger partial charge in [0.15, 0.2) is 0 Å². The molecule has 0 amide bonds. The summed E-state index contributed by atoms with van der Waals surface area (Å²) in [6.45, 7) is 6.12. The standard InChI is InChI=1S/C8H20N4O2S/c1-8(6-9)7-11-2-4-12(5-3-11)15(10,13)14/h8H,2-7,9H2,1H3,(H2,10,13,14). The van der Waals surface area contributed by atoms with Crippen molar-refractivity contribution in [1.82, 2.24) is 9.21 Å². The van der Waals surface area contributed by atoms with Gasteiger partial charge in [0.2, 0.25) is 0 Å². The van der Waals surface area contributed by atoms with Crippen LogP contribution in [-0.2, 0) is 10.2 Å². The van der Waals surface area contributed by atoms with Crippen LogP contribution in [-0.4, -0.2) is 56.9 Å². The lowest BCUT2D eigenvalue weighted by atomic mass is 10.1. The first kappa shape index (κ1) is 12.9. The summed E-state index contributed by atoms with van der Waals surface area (Å²) in [5.74, 6) is 0.450. The zero-order chi connectivity index (χ0) is 11.5. The lowest BCUT2D eigenvalue weighted by molar-refractivity contribution is 0.170. The van der Waals surface area contributed by atoms with Crippen LogP contribution in [0.25, 0.3) is 0 Å². The Morgan fingerprint density at radius 1 is 1.27 bits per heavy atom. The molecule has 0 aromatic carbocycles. The molecule has 0 bridgehead atoms. The number of piperazine rings is 1. The van der Waals surface area contributed by atoms with Gasteiger partial charge in [0.05, 0.1) is 0 Å². The van der Waals surface area contributed by atoms with Gasteiger partial charge in [-0.05, 0) is 12.5 Å². The van der Waals surface area contributed by atoms with Gasteiger partial charge in [0.1, 0.15) is 0 Å². The van der Waals surface area contributed by atoms with Crippen LogP contribution < -0.4 is 10.9 Å². The summed E-state index contributed by atoms with van der Waals surface area (Å²) in [4.78, 5) is 2.22. The van der Waals surface area contributed by atoms with Gasteiger partial charge in [-0.2, -0.15) is 12.7 Å². The Morgan fingerprint density at radius 3 is 2.20 bits per heavy atom. The van der Waals surface area contributed by atoms with E-state index in [1.54, 1.807) is 0 Å². The molecule has 1 saturated heterocycles.